The quantitative estimate of drug-likeness (QED) is 0.727. The van der Waals surface area contributed by atoms with Gasteiger partial charge in [0.25, 0.3) is 10.0 Å². The van der Waals surface area contributed by atoms with E-state index in [1.807, 2.05) is 19.9 Å². The van der Waals surface area contributed by atoms with Gasteiger partial charge in [0.1, 0.15) is 16.5 Å². The SMILES string of the molecule is CCCCOc1ccc(C(C)C)cc1S(=O)(=O)Nc1ccccn1. The van der Waals surface area contributed by atoms with Crippen molar-refractivity contribution in [3.8, 4) is 5.75 Å². The lowest BCUT2D eigenvalue weighted by Crippen LogP contribution is -2.16. The van der Waals surface area contributed by atoms with Crippen LogP contribution < -0.4 is 9.46 Å². The molecule has 1 aromatic heterocycles. The van der Waals surface area contributed by atoms with E-state index in [9.17, 15) is 8.42 Å². The molecule has 5 nitrogen and oxygen atoms in total. The van der Waals surface area contributed by atoms with Crippen molar-refractivity contribution in [2.24, 2.45) is 0 Å². The molecule has 0 spiro atoms. The minimum Gasteiger partial charge on any atom is -0.492 e. The molecule has 0 fully saturated rings. The van der Waals surface area contributed by atoms with Gasteiger partial charge in [-0.3, -0.25) is 4.72 Å². The number of pyridine rings is 1. The monoisotopic (exact) mass is 348 g/mol. The number of sulfonamides is 1. The summed E-state index contributed by atoms with van der Waals surface area (Å²) >= 11 is 0. The number of nitrogens with one attached hydrogen (secondary N) is 1. The Morgan fingerprint density at radius 2 is 2.00 bits per heavy atom. The minimum absolute atomic E-state index is 0.149. The molecule has 0 unspecified atom stereocenters. The van der Waals surface area contributed by atoms with Crippen LogP contribution in [0.15, 0.2) is 47.5 Å². The topological polar surface area (TPSA) is 68.3 Å². The van der Waals surface area contributed by atoms with Gasteiger partial charge in [-0.05, 0) is 42.2 Å². The fourth-order valence-electron chi connectivity index (χ4n) is 2.16. The van der Waals surface area contributed by atoms with Crippen LogP contribution >= 0.6 is 0 Å². The van der Waals surface area contributed by atoms with Crippen LogP contribution in [0.1, 0.15) is 45.1 Å². The third-order valence-electron chi connectivity index (χ3n) is 3.58. The Morgan fingerprint density at radius 1 is 1.21 bits per heavy atom. The first kappa shape index (κ1) is 18.3. The fraction of sp³-hybridized carbons (Fsp3) is 0.389. The highest BCUT2D eigenvalue weighted by molar-refractivity contribution is 7.92. The van der Waals surface area contributed by atoms with Crippen LogP contribution in [0.4, 0.5) is 5.82 Å². The zero-order valence-electron chi connectivity index (χ0n) is 14.3. The average molecular weight is 348 g/mol. The van der Waals surface area contributed by atoms with Gasteiger partial charge in [-0.2, -0.15) is 0 Å². The summed E-state index contributed by atoms with van der Waals surface area (Å²) in [7, 11) is -3.77. The Balaban J connectivity index is 2.38. The smallest absolute Gasteiger partial charge is 0.266 e. The van der Waals surface area contributed by atoms with Crippen molar-refractivity contribution in [3.63, 3.8) is 0 Å². The third-order valence-corrected chi connectivity index (χ3v) is 4.96. The molecule has 0 aliphatic heterocycles. The molecule has 1 aromatic carbocycles. The van der Waals surface area contributed by atoms with E-state index < -0.39 is 10.0 Å². The normalized spacial score (nSPS) is 11.5. The summed E-state index contributed by atoms with van der Waals surface area (Å²) in [5.74, 6) is 0.877. The molecule has 24 heavy (non-hydrogen) atoms. The van der Waals surface area contributed by atoms with Crippen LogP contribution in [-0.4, -0.2) is 20.0 Å². The van der Waals surface area contributed by atoms with Gasteiger partial charge >= 0.3 is 0 Å². The Morgan fingerprint density at radius 3 is 2.62 bits per heavy atom. The maximum absolute atomic E-state index is 12.8. The van der Waals surface area contributed by atoms with Crippen LogP contribution in [0.5, 0.6) is 5.75 Å². The number of rotatable bonds is 8. The molecular weight excluding hydrogens is 324 g/mol. The second-order valence-electron chi connectivity index (χ2n) is 5.88. The van der Waals surface area contributed by atoms with Crippen LogP contribution in [0.3, 0.4) is 0 Å². The molecular formula is C18H24N2O3S. The Kier molecular flexibility index (Phi) is 6.20. The summed E-state index contributed by atoms with van der Waals surface area (Å²) in [5.41, 5.74) is 0.944. The van der Waals surface area contributed by atoms with Crippen molar-refractivity contribution < 1.29 is 13.2 Å². The van der Waals surface area contributed by atoms with Crippen molar-refractivity contribution >= 4 is 15.8 Å². The minimum atomic E-state index is -3.77. The molecule has 130 valence electrons. The van der Waals surface area contributed by atoms with E-state index in [4.69, 9.17) is 4.74 Å². The Hall–Kier alpha value is -2.08. The molecule has 0 amide bonds. The van der Waals surface area contributed by atoms with Gasteiger partial charge in [-0.25, -0.2) is 13.4 Å². The number of benzene rings is 1. The maximum atomic E-state index is 12.8. The number of nitrogens with zero attached hydrogens (tertiary/aromatic N) is 1. The predicted octanol–water partition coefficient (Wildman–Crippen LogP) is 4.18. The highest BCUT2D eigenvalue weighted by atomic mass is 32.2. The molecule has 1 N–H and O–H groups in total. The Labute approximate surface area is 144 Å². The van der Waals surface area contributed by atoms with Crippen LogP contribution in [-0.2, 0) is 10.0 Å². The van der Waals surface area contributed by atoms with Gasteiger partial charge in [0.15, 0.2) is 0 Å². The first-order valence-electron chi connectivity index (χ1n) is 8.14. The van der Waals surface area contributed by atoms with Gasteiger partial charge in [-0.1, -0.05) is 39.3 Å². The van der Waals surface area contributed by atoms with Crippen molar-refractivity contribution in [1.82, 2.24) is 4.98 Å². The van der Waals surface area contributed by atoms with Crippen molar-refractivity contribution in [1.29, 1.82) is 0 Å². The zero-order valence-corrected chi connectivity index (χ0v) is 15.1. The third kappa shape index (κ3) is 4.71. The lowest BCUT2D eigenvalue weighted by atomic mass is 10.0. The second kappa shape index (κ2) is 8.15. The number of aromatic nitrogens is 1. The average Bonchev–Trinajstić information content (AvgIpc) is 2.55. The van der Waals surface area contributed by atoms with Gasteiger partial charge in [0.2, 0.25) is 0 Å². The number of hydrogen-bond acceptors (Lipinski definition) is 4. The molecule has 0 atom stereocenters. The van der Waals surface area contributed by atoms with Crippen LogP contribution in [0, 0.1) is 0 Å². The predicted molar refractivity (Wildman–Crippen MR) is 96.0 cm³/mol. The number of hydrogen-bond donors (Lipinski definition) is 1. The molecule has 1 heterocycles. The molecule has 0 radical (unpaired) electrons. The molecule has 0 aliphatic carbocycles. The second-order valence-corrected chi connectivity index (χ2v) is 7.53. The molecule has 0 saturated heterocycles. The lowest BCUT2D eigenvalue weighted by molar-refractivity contribution is 0.301. The zero-order chi connectivity index (χ0) is 17.6. The van der Waals surface area contributed by atoms with E-state index in [2.05, 4.69) is 16.6 Å². The summed E-state index contributed by atoms with van der Waals surface area (Å²) in [4.78, 5) is 4.17. The van der Waals surface area contributed by atoms with Gasteiger partial charge in [0.05, 0.1) is 6.61 Å². The summed E-state index contributed by atoms with van der Waals surface area (Å²) in [6.45, 7) is 6.60. The van der Waals surface area contributed by atoms with E-state index in [0.717, 1.165) is 18.4 Å². The van der Waals surface area contributed by atoms with Gasteiger partial charge in [-0.15, -0.1) is 0 Å². The van der Waals surface area contributed by atoms with E-state index in [0.29, 0.717) is 12.4 Å². The van der Waals surface area contributed by atoms with Crippen LogP contribution in [0.2, 0.25) is 0 Å². The first-order valence-corrected chi connectivity index (χ1v) is 9.63. The summed E-state index contributed by atoms with van der Waals surface area (Å²) < 4.78 is 33.8. The summed E-state index contributed by atoms with van der Waals surface area (Å²) in [5, 5.41) is 0. The van der Waals surface area contributed by atoms with Crippen molar-refractivity contribution in [2.75, 3.05) is 11.3 Å². The molecule has 0 bridgehead atoms. The summed E-state index contributed by atoms with van der Waals surface area (Å²) in [6, 6.07) is 10.4. The van der Waals surface area contributed by atoms with E-state index in [1.165, 1.54) is 0 Å². The number of ether oxygens (including phenoxy) is 1. The highest BCUT2D eigenvalue weighted by Gasteiger charge is 2.21. The maximum Gasteiger partial charge on any atom is 0.266 e. The lowest BCUT2D eigenvalue weighted by Gasteiger charge is -2.15. The largest absolute Gasteiger partial charge is 0.492 e. The Bertz CT molecular complexity index is 759. The van der Waals surface area contributed by atoms with Crippen LogP contribution in [0.25, 0.3) is 0 Å². The van der Waals surface area contributed by atoms with Crippen molar-refractivity contribution in [2.45, 2.75) is 44.4 Å². The van der Waals surface area contributed by atoms with E-state index >= 15 is 0 Å². The molecule has 6 heteroatoms. The highest BCUT2D eigenvalue weighted by Crippen LogP contribution is 2.29. The first-order chi connectivity index (χ1) is 11.4. The number of anilines is 1. The summed E-state index contributed by atoms with van der Waals surface area (Å²) in [6.07, 6.45) is 3.40. The van der Waals surface area contributed by atoms with Crippen molar-refractivity contribution in [3.05, 3.63) is 48.2 Å². The number of unbranched alkanes of at least 4 members (excludes halogenated alkanes) is 1. The molecule has 2 rings (SSSR count). The fourth-order valence-corrected chi connectivity index (χ4v) is 3.34. The standard InChI is InChI=1S/C18H24N2O3S/c1-4-5-12-23-16-10-9-15(14(2)3)13-17(16)24(21,22)20-18-8-6-7-11-19-18/h6-11,13-14H,4-5,12H2,1-3H3,(H,19,20). The van der Waals surface area contributed by atoms with Gasteiger partial charge < -0.3 is 4.74 Å². The van der Waals surface area contributed by atoms with Gasteiger partial charge in [0, 0.05) is 6.20 Å². The van der Waals surface area contributed by atoms with E-state index in [1.54, 1.807) is 36.5 Å². The molecule has 0 saturated carbocycles. The molecule has 2 aromatic rings. The van der Waals surface area contributed by atoms with E-state index in [-0.39, 0.29) is 16.6 Å². The molecule has 0 aliphatic rings.